The second-order valence-electron chi connectivity index (χ2n) is 2.90. The van der Waals surface area contributed by atoms with E-state index in [-0.39, 0.29) is 12.4 Å². The third-order valence-electron chi connectivity index (χ3n) is 2.04. The zero-order valence-electron chi connectivity index (χ0n) is 7.36. The number of hydrogen-bond donors (Lipinski definition) is 1. The predicted octanol–water partition coefficient (Wildman–Crippen LogP) is -4.14. The lowest BCUT2D eigenvalue weighted by Gasteiger charge is -2.24. The highest BCUT2D eigenvalue weighted by molar-refractivity contribution is 5.28. The van der Waals surface area contributed by atoms with Crippen LogP contribution in [-0.4, -0.2) is 36.1 Å². The van der Waals surface area contributed by atoms with Gasteiger partial charge in [0.1, 0.15) is 0 Å². The van der Waals surface area contributed by atoms with Gasteiger partial charge in [0.05, 0.1) is 26.2 Å². The van der Waals surface area contributed by atoms with Crippen LogP contribution in [0.25, 0.3) is 0 Å². The van der Waals surface area contributed by atoms with Gasteiger partial charge in [-0.1, -0.05) is 0 Å². The number of halogens is 1. The molecular weight excluding hydrogens is 188 g/mol. The summed E-state index contributed by atoms with van der Waals surface area (Å²) in [4.78, 5) is 10.6. The summed E-state index contributed by atoms with van der Waals surface area (Å²) in [7, 11) is 0. The van der Waals surface area contributed by atoms with Gasteiger partial charge < -0.3 is 22.6 Å². The van der Waals surface area contributed by atoms with Crippen LogP contribution in [-0.2, 0) is 0 Å². The molecule has 13 heavy (non-hydrogen) atoms. The Morgan fingerprint density at radius 3 is 2.38 bits per heavy atom. The molecule has 72 valence electrons. The maximum atomic E-state index is 4.20. The number of quaternary nitrogens is 1. The Hall–Kier alpha value is -0.870. The molecule has 1 aromatic rings. The topological polar surface area (TPSA) is 45.6 Å². The normalized spacial score (nSPS) is 16.5. The average molecular weight is 201 g/mol. The minimum absolute atomic E-state index is 0. The van der Waals surface area contributed by atoms with Crippen molar-refractivity contribution in [1.82, 2.24) is 9.97 Å². The standard InChI is InChI=1S/C8H12N4.ClH/c1-2-10-8(11-3-1)12-6-4-9-5-7-12;/h1-3,9H,4-7H2;1H. The van der Waals surface area contributed by atoms with Crippen LogP contribution >= 0.6 is 0 Å². The van der Waals surface area contributed by atoms with Crippen molar-refractivity contribution in [2.45, 2.75) is 0 Å². The molecule has 0 aromatic carbocycles. The Kier molecular flexibility index (Phi) is 3.92. The predicted molar refractivity (Wildman–Crippen MR) is 45.9 cm³/mol. The summed E-state index contributed by atoms with van der Waals surface area (Å²) >= 11 is 0. The van der Waals surface area contributed by atoms with Crippen molar-refractivity contribution in [2.75, 3.05) is 31.1 Å². The van der Waals surface area contributed by atoms with Crippen molar-refractivity contribution in [1.29, 1.82) is 0 Å². The average Bonchev–Trinajstić information content (AvgIpc) is 2.21. The summed E-state index contributed by atoms with van der Waals surface area (Å²) in [6.07, 6.45) is 3.58. The van der Waals surface area contributed by atoms with E-state index in [1.54, 1.807) is 12.4 Å². The molecule has 0 saturated carbocycles. The quantitative estimate of drug-likeness (QED) is 0.501. The maximum Gasteiger partial charge on any atom is 0.225 e. The third kappa shape index (κ3) is 2.54. The summed E-state index contributed by atoms with van der Waals surface area (Å²) in [6, 6.07) is 1.85. The molecule has 1 aliphatic rings. The van der Waals surface area contributed by atoms with Gasteiger partial charge in [-0.3, -0.25) is 0 Å². The minimum atomic E-state index is 0. The Balaban J connectivity index is 0.000000845. The Morgan fingerprint density at radius 1 is 1.15 bits per heavy atom. The fourth-order valence-corrected chi connectivity index (χ4v) is 1.40. The Morgan fingerprint density at radius 2 is 1.77 bits per heavy atom. The molecule has 0 unspecified atom stereocenters. The van der Waals surface area contributed by atoms with E-state index >= 15 is 0 Å². The first-order valence-electron chi connectivity index (χ1n) is 4.30. The molecule has 0 bridgehead atoms. The van der Waals surface area contributed by atoms with Crippen molar-refractivity contribution in [2.24, 2.45) is 0 Å². The van der Waals surface area contributed by atoms with Gasteiger partial charge in [-0.05, 0) is 6.07 Å². The minimum Gasteiger partial charge on any atom is -1.00 e. The molecule has 0 spiro atoms. The first kappa shape index (κ1) is 10.2. The highest BCUT2D eigenvalue weighted by atomic mass is 35.5. The summed E-state index contributed by atoms with van der Waals surface area (Å²) in [6.45, 7) is 4.42. The zero-order chi connectivity index (χ0) is 8.23. The zero-order valence-corrected chi connectivity index (χ0v) is 8.11. The molecule has 4 nitrogen and oxygen atoms in total. The molecule has 1 aromatic heterocycles. The summed E-state index contributed by atoms with van der Waals surface area (Å²) in [5.74, 6) is 0.866. The molecule has 2 rings (SSSR count). The second kappa shape index (κ2) is 4.99. The fraction of sp³-hybridized carbons (Fsp3) is 0.500. The van der Waals surface area contributed by atoms with Crippen LogP contribution < -0.4 is 22.6 Å². The van der Waals surface area contributed by atoms with E-state index in [1.807, 2.05) is 6.07 Å². The number of piperazine rings is 1. The van der Waals surface area contributed by atoms with E-state index in [0.717, 1.165) is 32.1 Å². The van der Waals surface area contributed by atoms with E-state index < -0.39 is 0 Å². The highest BCUT2D eigenvalue weighted by Crippen LogP contribution is 2.03. The first-order chi connectivity index (χ1) is 5.97. The van der Waals surface area contributed by atoms with Gasteiger partial charge in [0.15, 0.2) is 0 Å². The van der Waals surface area contributed by atoms with Crippen molar-refractivity contribution in [3.63, 3.8) is 0 Å². The van der Waals surface area contributed by atoms with E-state index in [9.17, 15) is 0 Å². The van der Waals surface area contributed by atoms with Gasteiger partial charge in [-0.2, -0.15) is 0 Å². The van der Waals surface area contributed by atoms with Crippen LogP contribution in [0.4, 0.5) is 5.95 Å². The molecule has 0 atom stereocenters. The molecule has 0 amide bonds. The van der Waals surface area contributed by atoms with Crippen molar-refractivity contribution in [3.8, 4) is 0 Å². The number of nitrogens with two attached hydrogens (primary N) is 1. The number of aromatic nitrogens is 2. The van der Waals surface area contributed by atoms with Crippen molar-refractivity contribution >= 4 is 5.95 Å². The molecule has 1 aliphatic heterocycles. The largest absolute Gasteiger partial charge is 1.00 e. The van der Waals surface area contributed by atoms with Crippen LogP contribution in [0, 0.1) is 0 Å². The summed E-state index contributed by atoms with van der Waals surface area (Å²) in [5.41, 5.74) is 0. The number of rotatable bonds is 1. The molecule has 5 heteroatoms. The van der Waals surface area contributed by atoms with Crippen LogP contribution in [0.1, 0.15) is 0 Å². The molecule has 2 N–H and O–H groups in total. The molecule has 0 aliphatic carbocycles. The maximum absolute atomic E-state index is 4.20. The van der Waals surface area contributed by atoms with Gasteiger partial charge in [0.2, 0.25) is 5.95 Å². The van der Waals surface area contributed by atoms with Crippen LogP contribution in [0.3, 0.4) is 0 Å². The van der Waals surface area contributed by atoms with Crippen molar-refractivity contribution < 1.29 is 17.7 Å². The van der Waals surface area contributed by atoms with Gasteiger partial charge in [-0.15, -0.1) is 0 Å². The Bertz CT molecular complexity index is 235. The number of nitrogens with zero attached hydrogens (tertiary/aromatic N) is 3. The lowest BCUT2D eigenvalue weighted by Crippen LogP contribution is -3.00. The molecule has 0 radical (unpaired) electrons. The first-order valence-corrected chi connectivity index (χ1v) is 4.30. The molecule has 2 heterocycles. The Labute approximate surface area is 83.8 Å². The smallest absolute Gasteiger partial charge is 0.225 e. The van der Waals surface area contributed by atoms with Crippen LogP contribution in [0.15, 0.2) is 18.5 Å². The number of anilines is 1. The molecule has 1 fully saturated rings. The lowest BCUT2D eigenvalue weighted by molar-refractivity contribution is -0.655. The van der Waals surface area contributed by atoms with Gasteiger partial charge in [0, 0.05) is 12.4 Å². The van der Waals surface area contributed by atoms with Crippen LogP contribution in [0.5, 0.6) is 0 Å². The summed E-state index contributed by atoms with van der Waals surface area (Å²) in [5, 5.41) is 2.32. The second-order valence-corrected chi connectivity index (χ2v) is 2.90. The van der Waals surface area contributed by atoms with E-state index in [4.69, 9.17) is 0 Å². The molecular formula is C8H13ClN4. The molecule has 1 saturated heterocycles. The number of hydrogen-bond acceptors (Lipinski definition) is 3. The van der Waals surface area contributed by atoms with E-state index in [1.165, 1.54) is 0 Å². The monoisotopic (exact) mass is 200 g/mol. The van der Waals surface area contributed by atoms with E-state index in [2.05, 4.69) is 20.2 Å². The van der Waals surface area contributed by atoms with Gasteiger partial charge in [0.25, 0.3) is 0 Å². The third-order valence-corrected chi connectivity index (χ3v) is 2.04. The summed E-state index contributed by atoms with van der Waals surface area (Å²) < 4.78 is 0. The van der Waals surface area contributed by atoms with Crippen molar-refractivity contribution in [3.05, 3.63) is 18.5 Å². The lowest BCUT2D eigenvalue weighted by atomic mass is 10.4. The SMILES string of the molecule is [Cl-].c1cnc(N2CC[NH2+]CC2)nc1. The fourth-order valence-electron chi connectivity index (χ4n) is 1.40. The highest BCUT2D eigenvalue weighted by Gasteiger charge is 2.13. The van der Waals surface area contributed by atoms with Gasteiger partial charge in [-0.25, -0.2) is 9.97 Å². The van der Waals surface area contributed by atoms with Crippen LogP contribution in [0.2, 0.25) is 0 Å². The van der Waals surface area contributed by atoms with E-state index in [0.29, 0.717) is 0 Å². The van der Waals surface area contributed by atoms with Gasteiger partial charge >= 0.3 is 0 Å².